The first-order chi connectivity index (χ1) is 17.2. The molecule has 1 aliphatic heterocycles. The molecule has 0 unspecified atom stereocenters. The molecule has 1 aliphatic rings. The molecule has 0 spiro atoms. The van der Waals surface area contributed by atoms with Crippen molar-refractivity contribution in [3.63, 3.8) is 0 Å². The third-order valence-corrected chi connectivity index (χ3v) is 7.30. The minimum atomic E-state index is -4.20. The van der Waals surface area contributed by atoms with Crippen LogP contribution in [0.3, 0.4) is 0 Å². The van der Waals surface area contributed by atoms with Crippen molar-refractivity contribution in [1.29, 1.82) is 0 Å². The summed E-state index contributed by atoms with van der Waals surface area (Å²) in [5.74, 6) is 0.399. The summed E-state index contributed by atoms with van der Waals surface area (Å²) in [6, 6.07) is 15.0. The zero-order chi connectivity index (χ0) is 25.7. The molecule has 190 valence electrons. The number of anilines is 1. The zero-order valence-corrected chi connectivity index (χ0v) is 20.8. The second kappa shape index (κ2) is 10.9. The molecule has 36 heavy (non-hydrogen) atoms. The summed E-state index contributed by atoms with van der Waals surface area (Å²) < 4.78 is 58.3. The number of benzene rings is 3. The van der Waals surface area contributed by atoms with Crippen molar-refractivity contribution in [3.05, 3.63) is 77.6 Å². The van der Waals surface area contributed by atoms with Gasteiger partial charge in [-0.1, -0.05) is 12.1 Å². The van der Waals surface area contributed by atoms with Crippen LogP contribution >= 0.6 is 0 Å². The SMILES string of the molecule is Cc1ccc(C)c(OCCNC(=O)CN(c2ccc(F)cc2)S(=O)(=O)c2ccc3c(c2)OCCO3)c1. The topological polar surface area (TPSA) is 94.2 Å². The fourth-order valence-corrected chi connectivity index (χ4v) is 5.07. The number of nitrogens with one attached hydrogen (secondary N) is 1. The molecule has 10 heteroatoms. The fourth-order valence-electron chi connectivity index (χ4n) is 3.63. The van der Waals surface area contributed by atoms with Crippen molar-refractivity contribution in [1.82, 2.24) is 5.32 Å². The van der Waals surface area contributed by atoms with E-state index in [4.69, 9.17) is 14.2 Å². The van der Waals surface area contributed by atoms with Crippen LogP contribution in [0.2, 0.25) is 0 Å². The number of halogens is 1. The Bertz CT molecular complexity index is 1350. The normalized spacial score (nSPS) is 12.6. The van der Waals surface area contributed by atoms with Gasteiger partial charge in [0.15, 0.2) is 11.5 Å². The van der Waals surface area contributed by atoms with Gasteiger partial charge >= 0.3 is 0 Å². The van der Waals surface area contributed by atoms with Crippen LogP contribution in [0.15, 0.2) is 65.6 Å². The molecule has 1 heterocycles. The molecular weight excluding hydrogens is 487 g/mol. The minimum Gasteiger partial charge on any atom is -0.491 e. The van der Waals surface area contributed by atoms with Crippen molar-refractivity contribution < 1.29 is 31.8 Å². The number of ether oxygens (including phenoxy) is 3. The standard InChI is InChI=1S/C26H27FN2O6S/c1-18-3-4-19(2)24(15-18)33-12-11-28-26(30)17-29(21-7-5-20(27)6-8-21)36(31,32)22-9-10-23-25(16-22)35-14-13-34-23/h3-10,15-16H,11-14,17H2,1-2H3,(H,28,30). The third kappa shape index (κ3) is 5.88. The third-order valence-electron chi connectivity index (χ3n) is 5.53. The van der Waals surface area contributed by atoms with Gasteiger partial charge in [-0.3, -0.25) is 9.10 Å². The van der Waals surface area contributed by atoms with Gasteiger partial charge in [-0.05, 0) is 67.4 Å². The molecule has 1 N–H and O–H groups in total. The Morgan fingerprint density at radius 3 is 2.47 bits per heavy atom. The zero-order valence-electron chi connectivity index (χ0n) is 20.0. The first-order valence-electron chi connectivity index (χ1n) is 11.4. The van der Waals surface area contributed by atoms with Crippen LogP contribution < -0.4 is 23.8 Å². The van der Waals surface area contributed by atoms with Crippen molar-refractivity contribution in [3.8, 4) is 17.2 Å². The molecule has 4 rings (SSSR count). The van der Waals surface area contributed by atoms with E-state index in [0.717, 1.165) is 33.3 Å². The van der Waals surface area contributed by atoms with Crippen molar-refractivity contribution in [2.75, 3.05) is 37.2 Å². The molecule has 0 saturated carbocycles. The van der Waals surface area contributed by atoms with Crippen molar-refractivity contribution >= 4 is 21.6 Å². The Kier molecular flexibility index (Phi) is 7.64. The van der Waals surface area contributed by atoms with Crippen molar-refractivity contribution in [2.45, 2.75) is 18.7 Å². The molecule has 0 aromatic heterocycles. The first-order valence-corrected chi connectivity index (χ1v) is 12.8. The highest BCUT2D eigenvalue weighted by Gasteiger charge is 2.29. The summed E-state index contributed by atoms with van der Waals surface area (Å²) in [4.78, 5) is 12.7. The van der Waals surface area contributed by atoms with Gasteiger partial charge in [0.1, 0.15) is 37.9 Å². The predicted octanol–water partition coefficient (Wildman–Crippen LogP) is 3.60. The molecule has 0 fully saturated rings. The smallest absolute Gasteiger partial charge is 0.264 e. The van der Waals surface area contributed by atoms with Gasteiger partial charge in [0.2, 0.25) is 5.91 Å². The molecule has 3 aromatic carbocycles. The molecule has 0 bridgehead atoms. The van der Waals surface area contributed by atoms with Crippen LogP contribution in [0, 0.1) is 19.7 Å². The molecule has 1 amide bonds. The van der Waals surface area contributed by atoms with E-state index in [1.54, 1.807) is 0 Å². The van der Waals surface area contributed by atoms with E-state index in [0.29, 0.717) is 24.7 Å². The number of hydrogen-bond acceptors (Lipinski definition) is 6. The average molecular weight is 515 g/mol. The van der Waals surface area contributed by atoms with Crippen LogP contribution in [-0.2, 0) is 14.8 Å². The quantitative estimate of drug-likeness (QED) is 0.439. The highest BCUT2D eigenvalue weighted by Crippen LogP contribution is 2.34. The van der Waals surface area contributed by atoms with E-state index in [9.17, 15) is 17.6 Å². The fraction of sp³-hybridized carbons (Fsp3) is 0.269. The van der Waals surface area contributed by atoms with Gasteiger partial charge in [-0.25, -0.2) is 12.8 Å². The van der Waals surface area contributed by atoms with Crippen LogP contribution in [0.4, 0.5) is 10.1 Å². The number of nitrogens with zero attached hydrogens (tertiary/aromatic N) is 1. The maximum atomic E-state index is 13.6. The Hall–Kier alpha value is -3.79. The lowest BCUT2D eigenvalue weighted by Crippen LogP contribution is -2.42. The van der Waals surface area contributed by atoms with Gasteiger partial charge in [0, 0.05) is 6.07 Å². The highest BCUT2D eigenvalue weighted by molar-refractivity contribution is 7.92. The summed E-state index contributed by atoms with van der Waals surface area (Å²) in [5, 5.41) is 2.68. The Morgan fingerprint density at radius 2 is 1.72 bits per heavy atom. The molecule has 0 saturated heterocycles. The molecule has 0 aliphatic carbocycles. The number of amides is 1. The molecule has 3 aromatic rings. The Labute approximate surface area is 209 Å². The minimum absolute atomic E-state index is 0.0814. The second-order valence-electron chi connectivity index (χ2n) is 8.26. The summed E-state index contributed by atoms with van der Waals surface area (Å²) in [6.45, 7) is 4.43. The van der Waals surface area contributed by atoms with Crippen LogP contribution in [0.25, 0.3) is 0 Å². The summed E-state index contributed by atoms with van der Waals surface area (Å²) in [5.41, 5.74) is 2.17. The van der Waals surface area contributed by atoms with E-state index < -0.39 is 28.3 Å². The number of carbonyl (C=O) groups excluding carboxylic acids is 1. The number of fused-ring (bicyclic) bond motifs is 1. The van der Waals surface area contributed by atoms with Gasteiger partial charge in [-0.15, -0.1) is 0 Å². The van der Waals surface area contributed by atoms with Crippen LogP contribution in [0.1, 0.15) is 11.1 Å². The monoisotopic (exact) mass is 514 g/mol. The van der Waals surface area contributed by atoms with Gasteiger partial charge < -0.3 is 19.5 Å². The largest absolute Gasteiger partial charge is 0.491 e. The number of sulfonamides is 1. The summed E-state index contributed by atoms with van der Waals surface area (Å²) in [6.07, 6.45) is 0. The van der Waals surface area contributed by atoms with Gasteiger partial charge in [0.25, 0.3) is 10.0 Å². The number of carbonyl (C=O) groups is 1. The lowest BCUT2D eigenvalue weighted by molar-refractivity contribution is -0.119. The van der Waals surface area contributed by atoms with E-state index in [1.165, 1.54) is 30.3 Å². The number of rotatable bonds is 9. The molecule has 0 radical (unpaired) electrons. The maximum absolute atomic E-state index is 13.6. The van der Waals surface area contributed by atoms with E-state index >= 15 is 0 Å². The van der Waals surface area contributed by atoms with E-state index in [1.807, 2.05) is 32.0 Å². The summed E-state index contributed by atoms with van der Waals surface area (Å²) in [7, 11) is -4.20. The van der Waals surface area contributed by atoms with Gasteiger partial charge in [0.05, 0.1) is 17.1 Å². The van der Waals surface area contributed by atoms with Gasteiger partial charge in [-0.2, -0.15) is 0 Å². The Morgan fingerprint density at radius 1 is 1.00 bits per heavy atom. The average Bonchev–Trinajstić information content (AvgIpc) is 2.87. The lowest BCUT2D eigenvalue weighted by atomic mass is 10.1. The summed E-state index contributed by atoms with van der Waals surface area (Å²) >= 11 is 0. The lowest BCUT2D eigenvalue weighted by Gasteiger charge is -2.25. The maximum Gasteiger partial charge on any atom is 0.264 e. The molecule has 0 atom stereocenters. The first kappa shape index (κ1) is 25.3. The van der Waals surface area contributed by atoms with Crippen LogP contribution in [0.5, 0.6) is 17.2 Å². The molecule has 8 nitrogen and oxygen atoms in total. The van der Waals surface area contributed by atoms with Crippen molar-refractivity contribution in [2.24, 2.45) is 0 Å². The second-order valence-corrected chi connectivity index (χ2v) is 10.1. The highest BCUT2D eigenvalue weighted by atomic mass is 32.2. The Balaban J connectivity index is 1.48. The van der Waals surface area contributed by atoms with E-state index in [2.05, 4.69) is 5.32 Å². The predicted molar refractivity (Wildman–Crippen MR) is 133 cm³/mol. The van der Waals surface area contributed by atoms with E-state index in [-0.39, 0.29) is 23.7 Å². The number of hydrogen-bond donors (Lipinski definition) is 1. The number of aryl methyl sites for hydroxylation is 2. The molecular formula is C26H27FN2O6S. The van der Waals surface area contributed by atoms with Crippen LogP contribution in [-0.4, -0.2) is 47.2 Å².